The van der Waals surface area contributed by atoms with Crippen LogP contribution in [0.5, 0.6) is 0 Å². The van der Waals surface area contributed by atoms with E-state index in [1.54, 1.807) is 24.3 Å². The number of esters is 1. The van der Waals surface area contributed by atoms with Gasteiger partial charge in [0.1, 0.15) is 17.2 Å². The molecule has 2 N–H and O–H groups in total. The summed E-state index contributed by atoms with van der Waals surface area (Å²) in [6.45, 7) is 25.1. The number of aromatic nitrogens is 2. The van der Waals surface area contributed by atoms with E-state index in [1.807, 2.05) is 88.3 Å². The summed E-state index contributed by atoms with van der Waals surface area (Å²) in [6.07, 6.45) is 6.43. The molecule has 0 saturated carbocycles. The third kappa shape index (κ3) is 13.4. The predicted octanol–water partition coefficient (Wildman–Crippen LogP) is 12.4. The number of carbonyl (C=O) groups is 4. The monoisotopic (exact) mass is 967 g/mol. The third-order valence-electron chi connectivity index (χ3n) is 12.2. The first-order valence-corrected chi connectivity index (χ1v) is 23.7. The molecule has 5 heterocycles. The molecule has 0 aliphatic carbocycles. The number of carbonyl (C=O) groups excluding carboxylic acids is 4. The molecule has 380 valence electrons. The second-order valence-corrected chi connectivity index (χ2v) is 21.2. The Balaban J connectivity index is 0.000000328. The Morgan fingerprint density at radius 1 is 0.729 bits per heavy atom. The summed E-state index contributed by atoms with van der Waals surface area (Å²) in [6, 6.07) is 12.6. The van der Waals surface area contributed by atoms with E-state index in [0.29, 0.717) is 43.4 Å². The van der Waals surface area contributed by atoms with Gasteiger partial charge in [-0.2, -0.15) is 0 Å². The highest BCUT2D eigenvalue weighted by atomic mass is 19.1. The molecule has 3 aliphatic rings. The molecule has 70 heavy (non-hydrogen) atoms. The van der Waals surface area contributed by atoms with Crippen LogP contribution in [0.1, 0.15) is 192 Å². The van der Waals surface area contributed by atoms with Crippen molar-refractivity contribution in [3.05, 3.63) is 111 Å². The molecule has 7 rings (SSSR count). The Kier molecular flexibility index (Phi) is 18.0. The van der Waals surface area contributed by atoms with Gasteiger partial charge in [-0.05, 0) is 145 Å². The number of nitrogens with one attached hydrogen (secondary N) is 2. The molecule has 1 saturated heterocycles. The molecule has 0 radical (unpaired) electrons. The van der Waals surface area contributed by atoms with Gasteiger partial charge in [0.2, 0.25) is 11.8 Å². The summed E-state index contributed by atoms with van der Waals surface area (Å²) in [5.41, 5.74) is 7.91. The molecule has 3 aliphatic heterocycles. The van der Waals surface area contributed by atoms with Gasteiger partial charge < -0.3 is 24.8 Å². The van der Waals surface area contributed by atoms with Crippen molar-refractivity contribution < 1.29 is 42.2 Å². The van der Waals surface area contributed by atoms with Crippen molar-refractivity contribution in [1.29, 1.82) is 0 Å². The number of amides is 2. The van der Waals surface area contributed by atoms with Crippen LogP contribution in [0.15, 0.2) is 54.6 Å². The molecule has 0 bridgehead atoms. The van der Waals surface area contributed by atoms with Crippen LogP contribution in [0.2, 0.25) is 0 Å². The summed E-state index contributed by atoms with van der Waals surface area (Å²) in [4.78, 5) is 59.4. The Bertz CT molecular complexity index is 2580. The highest BCUT2D eigenvalue weighted by Gasteiger charge is 2.38. The molecule has 0 spiro atoms. The van der Waals surface area contributed by atoms with Gasteiger partial charge in [0.15, 0.2) is 12.1 Å². The third-order valence-corrected chi connectivity index (χ3v) is 12.2. The topological polar surface area (TPSA) is 146 Å². The maximum atomic E-state index is 14.0. The van der Waals surface area contributed by atoms with Crippen molar-refractivity contribution in [1.82, 2.24) is 20.6 Å². The summed E-state index contributed by atoms with van der Waals surface area (Å²) < 4.78 is 45.3. The molecule has 2 atom stereocenters. The van der Waals surface area contributed by atoms with Crippen molar-refractivity contribution in [2.24, 2.45) is 0 Å². The highest BCUT2D eigenvalue weighted by Crippen LogP contribution is 2.42. The van der Waals surface area contributed by atoms with Gasteiger partial charge >= 0.3 is 5.97 Å². The van der Waals surface area contributed by atoms with Crippen LogP contribution in [-0.4, -0.2) is 57.6 Å². The summed E-state index contributed by atoms with van der Waals surface area (Å²) in [5.74, 6) is -1.83. The first-order chi connectivity index (χ1) is 31.7. The molecule has 0 unspecified atom stereocenters. The van der Waals surface area contributed by atoms with Crippen molar-refractivity contribution in [2.75, 3.05) is 0 Å². The molecule has 2 aromatic heterocycles. The zero-order valence-electron chi connectivity index (χ0n) is 41.9. The molecule has 4 aromatic rings. The van der Waals surface area contributed by atoms with Gasteiger partial charge in [0, 0.05) is 30.4 Å². The quantitative estimate of drug-likeness (QED) is 0.124. The van der Waals surface area contributed by atoms with E-state index >= 15 is 0 Å². The molecule has 1 fully saturated rings. The van der Waals surface area contributed by atoms with Gasteiger partial charge in [-0.25, -0.2) is 8.78 Å². The number of aldehydes is 1. The SMILES string of the molecule is C.C.CC(C)c1nc2c(c(-c3ccc(F)cc3)c1/C=C/[C@@H]1C[C@H](CC(=O)OC(C)(C)C)OC(C)(C)O1)CCC(=O)NC2(C)C.CC(C)c1nc2c(c(-c3ccc(F)cc3)c1C=O)CCC(=O)NC2(C)C. The fourth-order valence-corrected chi connectivity index (χ4v) is 9.48. The van der Waals surface area contributed by atoms with Crippen LogP contribution < -0.4 is 10.6 Å². The van der Waals surface area contributed by atoms with Crippen LogP contribution >= 0.6 is 0 Å². The van der Waals surface area contributed by atoms with Gasteiger partial charge in [0.25, 0.3) is 0 Å². The maximum Gasteiger partial charge on any atom is 0.308 e. The Labute approximate surface area is 415 Å². The lowest BCUT2D eigenvalue weighted by atomic mass is 9.84. The van der Waals surface area contributed by atoms with E-state index in [4.69, 9.17) is 24.2 Å². The fraction of sp³-hybridized carbons (Fsp3) is 0.509. The van der Waals surface area contributed by atoms with E-state index in [0.717, 1.165) is 62.3 Å². The van der Waals surface area contributed by atoms with Crippen molar-refractivity contribution in [3.63, 3.8) is 0 Å². The molecular formula is C57H76F2N4O7. The number of halogens is 2. The second kappa shape index (κ2) is 22.2. The minimum atomic E-state index is -0.900. The van der Waals surface area contributed by atoms with Crippen molar-refractivity contribution in [2.45, 2.75) is 190 Å². The predicted molar refractivity (Wildman–Crippen MR) is 273 cm³/mol. The summed E-state index contributed by atoms with van der Waals surface area (Å²) in [7, 11) is 0. The van der Waals surface area contributed by atoms with Crippen LogP contribution in [-0.2, 0) is 52.5 Å². The minimum absolute atomic E-state index is 0. The number of benzene rings is 2. The van der Waals surface area contributed by atoms with E-state index in [-0.39, 0.29) is 74.7 Å². The minimum Gasteiger partial charge on any atom is -0.460 e. The number of nitrogens with zero attached hydrogens (tertiary/aromatic N) is 2. The van der Waals surface area contributed by atoms with Crippen molar-refractivity contribution >= 4 is 30.1 Å². The van der Waals surface area contributed by atoms with Gasteiger partial charge in [-0.1, -0.05) is 79.0 Å². The first-order valence-electron chi connectivity index (χ1n) is 23.7. The number of ether oxygens (including phenoxy) is 3. The van der Waals surface area contributed by atoms with Gasteiger partial charge in [-0.15, -0.1) is 0 Å². The largest absolute Gasteiger partial charge is 0.460 e. The highest BCUT2D eigenvalue weighted by molar-refractivity contribution is 5.92. The van der Waals surface area contributed by atoms with E-state index in [1.165, 1.54) is 24.3 Å². The normalized spacial score (nSPS) is 19.2. The van der Waals surface area contributed by atoms with Crippen LogP contribution in [0.4, 0.5) is 8.78 Å². The second-order valence-electron chi connectivity index (χ2n) is 21.2. The summed E-state index contributed by atoms with van der Waals surface area (Å²) in [5, 5.41) is 6.14. The fourth-order valence-electron chi connectivity index (χ4n) is 9.48. The molecular weight excluding hydrogens is 891 g/mol. The van der Waals surface area contributed by atoms with E-state index in [2.05, 4.69) is 24.5 Å². The summed E-state index contributed by atoms with van der Waals surface area (Å²) >= 11 is 0. The van der Waals surface area contributed by atoms with Gasteiger partial charge in [0.05, 0.1) is 52.5 Å². The Hall–Kier alpha value is -5.66. The Morgan fingerprint density at radius 3 is 1.57 bits per heavy atom. The standard InChI is InChI=1S/C34H45FN2O5.C21H23FN2O2.2CH4/c1-20(2)30-25(15-14-23-18-24(41-34(8,9)40-23)19-28(39)42-32(3,4)5)29(21-10-12-22(35)13-11-21)26-16-17-27(38)37-33(6,7)31(26)36-30;1-12(2)19-16(11-25)18(13-5-7-14(22)8-6-13)15-9-10-17(26)24-21(3,4)20(15)23-19;;/h10-15,20,23-24H,16-19H2,1-9H3,(H,37,38);5-8,11-12H,9-10H2,1-4H3,(H,24,26);2*1H4/b15-14+;;;/t23-,24-;;;/m1.../s1. The van der Waals surface area contributed by atoms with Crippen LogP contribution in [0, 0.1) is 11.6 Å². The zero-order chi connectivity index (χ0) is 50.1. The van der Waals surface area contributed by atoms with Crippen molar-refractivity contribution in [3.8, 4) is 22.3 Å². The number of hydrogen-bond acceptors (Lipinski definition) is 9. The average Bonchev–Trinajstić information content (AvgIpc) is 3.41. The Morgan fingerprint density at radius 2 is 1.16 bits per heavy atom. The lowest BCUT2D eigenvalue weighted by Gasteiger charge is -2.40. The molecule has 11 nitrogen and oxygen atoms in total. The molecule has 2 aromatic carbocycles. The van der Waals surface area contributed by atoms with E-state index in [9.17, 15) is 28.0 Å². The number of rotatable bonds is 9. The molecule has 2 amide bonds. The van der Waals surface area contributed by atoms with E-state index < -0.39 is 22.5 Å². The lowest BCUT2D eigenvalue weighted by molar-refractivity contribution is -0.290. The maximum absolute atomic E-state index is 14.0. The number of pyridine rings is 2. The smallest absolute Gasteiger partial charge is 0.308 e. The average molecular weight is 967 g/mol. The number of fused-ring (bicyclic) bond motifs is 2. The molecule has 13 heteroatoms. The van der Waals surface area contributed by atoms with Crippen LogP contribution in [0.25, 0.3) is 28.3 Å². The zero-order valence-corrected chi connectivity index (χ0v) is 41.9. The number of hydrogen-bond donors (Lipinski definition) is 2. The van der Waals surface area contributed by atoms with Crippen LogP contribution in [0.3, 0.4) is 0 Å². The van der Waals surface area contributed by atoms with Gasteiger partial charge in [-0.3, -0.25) is 29.1 Å². The first kappa shape index (κ1) is 56.9. The lowest BCUT2D eigenvalue weighted by Crippen LogP contribution is -2.45.